The quantitative estimate of drug-likeness (QED) is 0.437. The normalized spacial score (nSPS) is 14.6. The van der Waals surface area contributed by atoms with Gasteiger partial charge in [0.15, 0.2) is 6.23 Å². The number of aryl methyl sites for hydroxylation is 1. The monoisotopic (exact) mass is 488 g/mol. The lowest BCUT2D eigenvalue weighted by molar-refractivity contribution is -0.138. The SMILES string of the molecule is CC1=C(COc2ccc(CN(CC(=O)O)C(=O)Oc3ccc(C)cc3)cc2)NC(c2ccccc2)O1. The van der Waals surface area contributed by atoms with E-state index in [4.69, 9.17) is 14.2 Å². The number of hydrogen-bond acceptors (Lipinski definition) is 6. The van der Waals surface area contributed by atoms with Crippen molar-refractivity contribution in [2.45, 2.75) is 26.6 Å². The second kappa shape index (κ2) is 11.3. The van der Waals surface area contributed by atoms with Crippen molar-refractivity contribution in [3.05, 3.63) is 107 Å². The number of allylic oxidation sites excluding steroid dienone is 1. The Morgan fingerprint density at radius 3 is 2.28 bits per heavy atom. The number of carboxylic acid groups (broad SMARTS) is 1. The van der Waals surface area contributed by atoms with Crippen LogP contribution in [0.1, 0.15) is 29.8 Å². The van der Waals surface area contributed by atoms with E-state index in [9.17, 15) is 14.7 Å². The number of rotatable bonds is 9. The molecule has 3 aromatic rings. The van der Waals surface area contributed by atoms with E-state index in [1.807, 2.05) is 56.3 Å². The van der Waals surface area contributed by atoms with Crippen LogP contribution in [0.25, 0.3) is 0 Å². The third-order valence-corrected chi connectivity index (χ3v) is 5.62. The molecule has 1 aliphatic heterocycles. The zero-order valence-corrected chi connectivity index (χ0v) is 20.1. The molecule has 4 rings (SSSR count). The van der Waals surface area contributed by atoms with Gasteiger partial charge in [-0.15, -0.1) is 0 Å². The molecule has 1 atom stereocenters. The van der Waals surface area contributed by atoms with Crippen LogP contribution in [0.15, 0.2) is 90.3 Å². The molecule has 1 heterocycles. The van der Waals surface area contributed by atoms with Crippen LogP contribution >= 0.6 is 0 Å². The molecule has 1 aliphatic rings. The van der Waals surface area contributed by atoms with Gasteiger partial charge in [0.05, 0.1) is 5.70 Å². The van der Waals surface area contributed by atoms with Gasteiger partial charge in [-0.1, -0.05) is 60.2 Å². The van der Waals surface area contributed by atoms with E-state index < -0.39 is 18.6 Å². The molecule has 0 saturated heterocycles. The van der Waals surface area contributed by atoms with Gasteiger partial charge in [0.25, 0.3) is 0 Å². The molecule has 1 unspecified atom stereocenters. The van der Waals surface area contributed by atoms with Crippen molar-refractivity contribution in [3.63, 3.8) is 0 Å². The Hall–Kier alpha value is -4.46. The van der Waals surface area contributed by atoms with Crippen LogP contribution in [0.4, 0.5) is 4.79 Å². The smallest absolute Gasteiger partial charge is 0.416 e. The zero-order chi connectivity index (χ0) is 25.5. The molecule has 8 heteroatoms. The number of ether oxygens (including phenoxy) is 3. The van der Waals surface area contributed by atoms with Crippen molar-refractivity contribution in [2.75, 3.05) is 13.2 Å². The maximum atomic E-state index is 12.6. The van der Waals surface area contributed by atoms with Gasteiger partial charge in [-0.2, -0.15) is 0 Å². The molecule has 0 radical (unpaired) electrons. The van der Waals surface area contributed by atoms with Crippen molar-refractivity contribution in [3.8, 4) is 11.5 Å². The van der Waals surface area contributed by atoms with Crippen molar-refractivity contribution >= 4 is 12.1 Å². The lowest BCUT2D eigenvalue weighted by atomic mass is 10.2. The van der Waals surface area contributed by atoms with Gasteiger partial charge in [-0.25, -0.2) is 4.79 Å². The van der Waals surface area contributed by atoms with Gasteiger partial charge in [-0.3, -0.25) is 9.69 Å². The highest BCUT2D eigenvalue weighted by Gasteiger charge is 2.24. The zero-order valence-electron chi connectivity index (χ0n) is 20.1. The minimum Gasteiger partial charge on any atom is -0.487 e. The van der Waals surface area contributed by atoms with Gasteiger partial charge < -0.3 is 24.6 Å². The van der Waals surface area contributed by atoms with E-state index in [0.717, 1.165) is 33.0 Å². The van der Waals surface area contributed by atoms with Gasteiger partial charge in [0.1, 0.15) is 30.4 Å². The van der Waals surface area contributed by atoms with E-state index in [2.05, 4.69) is 5.32 Å². The van der Waals surface area contributed by atoms with Crippen molar-refractivity contribution < 1.29 is 28.9 Å². The first-order valence-electron chi connectivity index (χ1n) is 11.5. The number of carboxylic acids is 1. The van der Waals surface area contributed by atoms with Crippen LogP contribution in [-0.2, 0) is 16.1 Å². The fraction of sp³-hybridized carbons (Fsp3) is 0.214. The largest absolute Gasteiger partial charge is 0.487 e. The predicted octanol–water partition coefficient (Wildman–Crippen LogP) is 5.01. The van der Waals surface area contributed by atoms with Gasteiger partial charge in [0, 0.05) is 12.1 Å². The van der Waals surface area contributed by atoms with Crippen LogP contribution in [0, 0.1) is 6.92 Å². The number of hydrogen-bond donors (Lipinski definition) is 2. The number of carbonyl (C=O) groups excluding carboxylic acids is 1. The number of aliphatic carboxylic acids is 1. The molecule has 0 saturated carbocycles. The second-order valence-corrected chi connectivity index (χ2v) is 8.45. The maximum absolute atomic E-state index is 12.6. The van der Waals surface area contributed by atoms with E-state index in [-0.39, 0.29) is 12.8 Å². The minimum atomic E-state index is -1.13. The maximum Gasteiger partial charge on any atom is 0.416 e. The number of nitrogens with one attached hydrogen (secondary N) is 1. The summed E-state index contributed by atoms with van der Waals surface area (Å²) in [4.78, 5) is 25.1. The molecule has 1 amide bonds. The lowest BCUT2D eigenvalue weighted by Gasteiger charge is -2.20. The Labute approximate surface area is 209 Å². The Morgan fingerprint density at radius 2 is 1.61 bits per heavy atom. The highest BCUT2D eigenvalue weighted by molar-refractivity contribution is 5.78. The van der Waals surface area contributed by atoms with Gasteiger partial charge in [0.2, 0.25) is 0 Å². The third kappa shape index (κ3) is 6.56. The molecule has 0 aromatic heterocycles. The van der Waals surface area contributed by atoms with Crippen LogP contribution in [0.5, 0.6) is 11.5 Å². The summed E-state index contributed by atoms with van der Waals surface area (Å²) < 4.78 is 17.2. The average Bonchev–Trinajstić information content (AvgIpc) is 3.25. The number of benzene rings is 3. The summed E-state index contributed by atoms with van der Waals surface area (Å²) in [7, 11) is 0. The first-order valence-corrected chi connectivity index (χ1v) is 11.5. The predicted molar refractivity (Wildman–Crippen MR) is 133 cm³/mol. The Kier molecular flexibility index (Phi) is 7.75. The van der Waals surface area contributed by atoms with Gasteiger partial charge >= 0.3 is 12.1 Å². The molecule has 0 fully saturated rings. The summed E-state index contributed by atoms with van der Waals surface area (Å²) in [6.45, 7) is 3.72. The average molecular weight is 489 g/mol. The summed E-state index contributed by atoms with van der Waals surface area (Å²) in [6, 6.07) is 24.0. The topological polar surface area (TPSA) is 97.3 Å². The third-order valence-electron chi connectivity index (χ3n) is 5.62. The summed E-state index contributed by atoms with van der Waals surface area (Å²) >= 11 is 0. The van der Waals surface area contributed by atoms with Crippen LogP contribution < -0.4 is 14.8 Å². The Morgan fingerprint density at radius 1 is 0.944 bits per heavy atom. The molecule has 3 aromatic carbocycles. The molecule has 0 spiro atoms. The summed E-state index contributed by atoms with van der Waals surface area (Å²) in [5.74, 6) is 0.640. The van der Waals surface area contributed by atoms with Crippen LogP contribution in [0.3, 0.4) is 0 Å². The highest BCUT2D eigenvalue weighted by atomic mass is 16.6. The number of nitrogens with zero attached hydrogens (tertiary/aromatic N) is 1. The minimum absolute atomic E-state index is 0.0791. The summed E-state index contributed by atoms with van der Waals surface area (Å²) in [5, 5.41) is 12.6. The van der Waals surface area contributed by atoms with Crippen molar-refractivity contribution in [1.29, 1.82) is 0 Å². The van der Waals surface area contributed by atoms with E-state index in [0.29, 0.717) is 18.1 Å². The molecule has 2 N–H and O–H groups in total. The van der Waals surface area contributed by atoms with Crippen molar-refractivity contribution in [1.82, 2.24) is 10.2 Å². The Bertz CT molecular complexity index is 1220. The van der Waals surface area contributed by atoms with E-state index in [1.165, 1.54) is 0 Å². The van der Waals surface area contributed by atoms with Gasteiger partial charge in [-0.05, 0) is 43.7 Å². The van der Waals surface area contributed by atoms with Crippen LogP contribution in [0.2, 0.25) is 0 Å². The van der Waals surface area contributed by atoms with Crippen LogP contribution in [-0.4, -0.2) is 35.2 Å². The second-order valence-electron chi connectivity index (χ2n) is 8.45. The first-order chi connectivity index (χ1) is 17.4. The molecular weight excluding hydrogens is 460 g/mol. The standard InChI is InChI=1S/C28H28N2O6/c1-19-8-12-24(13-9-19)36-28(33)30(17-26(31)32)16-21-10-14-23(15-11-21)34-18-25-20(2)35-27(29-25)22-6-4-3-5-7-22/h3-15,27,29H,16-18H2,1-2H3,(H,31,32). The van der Waals surface area contributed by atoms with Crippen molar-refractivity contribution in [2.24, 2.45) is 0 Å². The fourth-order valence-electron chi connectivity index (χ4n) is 3.65. The number of amides is 1. The molecule has 0 bridgehead atoms. The Balaban J connectivity index is 1.33. The molecule has 0 aliphatic carbocycles. The number of carbonyl (C=O) groups is 2. The first kappa shape index (κ1) is 24.7. The fourth-order valence-corrected chi connectivity index (χ4v) is 3.65. The van der Waals surface area contributed by atoms with E-state index >= 15 is 0 Å². The molecule has 8 nitrogen and oxygen atoms in total. The molecule has 186 valence electrons. The van der Waals surface area contributed by atoms with E-state index in [1.54, 1.807) is 36.4 Å². The molecular formula is C28H28N2O6. The molecule has 36 heavy (non-hydrogen) atoms. The summed E-state index contributed by atoms with van der Waals surface area (Å²) in [5.41, 5.74) is 3.66. The lowest BCUT2D eigenvalue weighted by Crippen LogP contribution is -2.37. The summed E-state index contributed by atoms with van der Waals surface area (Å²) in [6.07, 6.45) is -0.976. The highest BCUT2D eigenvalue weighted by Crippen LogP contribution is 2.27.